The van der Waals surface area contributed by atoms with Crippen molar-refractivity contribution in [3.63, 3.8) is 0 Å². The van der Waals surface area contributed by atoms with Crippen LogP contribution in [0.1, 0.15) is 66.4 Å². The van der Waals surface area contributed by atoms with Gasteiger partial charge in [0.25, 0.3) is 0 Å². The fourth-order valence-electron chi connectivity index (χ4n) is 9.01. The first-order valence-electron chi connectivity index (χ1n) is 14.7. The first-order chi connectivity index (χ1) is 20.5. The topological polar surface area (TPSA) is 148 Å². The fourth-order valence-corrected chi connectivity index (χ4v) is 9.01. The molecule has 1 spiro atoms. The highest BCUT2D eigenvalue weighted by molar-refractivity contribution is 5.97. The van der Waals surface area contributed by atoms with Crippen LogP contribution >= 0.6 is 0 Å². The van der Waals surface area contributed by atoms with E-state index in [-0.39, 0.29) is 17.8 Å². The van der Waals surface area contributed by atoms with Crippen molar-refractivity contribution in [1.82, 2.24) is 0 Å². The van der Waals surface area contributed by atoms with Crippen molar-refractivity contribution in [2.75, 3.05) is 7.11 Å². The third-order valence-corrected chi connectivity index (χ3v) is 10.7. The Morgan fingerprint density at radius 3 is 2.23 bits per heavy atom. The van der Waals surface area contributed by atoms with Crippen LogP contribution in [0.3, 0.4) is 0 Å². The van der Waals surface area contributed by atoms with E-state index in [0.717, 1.165) is 5.56 Å². The van der Waals surface area contributed by atoms with Crippen LogP contribution in [0, 0.1) is 28.1 Å². The summed E-state index contributed by atoms with van der Waals surface area (Å²) in [5, 5.41) is 0. The number of carbonyl (C=O) groups excluding carboxylic acids is 5. The molecule has 1 saturated heterocycles. The minimum Gasteiger partial charge on any atom is -0.472 e. The summed E-state index contributed by atoms with van der Waals surface area (Å²) in [7, 11) is 1.17. The summed E-state index contributed by atoms with van der Waals surface area (Å²) in [4.78, 5) is 64.7. The third kappa shape index (κ3) is 4.29. The number of rotatable bonds is 7. The summed E-state index contributed by atoms with van der Waals surface area (Å²) < 4.78 is 34.8. The minimum absolute atomic E-state index is 0.215. The van der Waals surface area contributed by atoms with Crippen molar-refractivity contribution in [2.45, 2.75) is 90.8 Å². The summed E-state index contributed by atoms with van der Waals surface area (Å²) in [6.07, 6.45) is 2.88. The largest absolute Gasteiger partial charge is 0.472 e. The fraction of sp³-hybridized carbons (Fsp3) is 0.606. The number of ketones is 1. The smallest absolute Gasteiger partial charge is 0.347 e. The number of ether oxygens (including phenoxy) is 5. The number of carbonyl (C=O) groups is 5. The van der Waals surface area contributed by atoms with Crippen LogP contribution in [0.5, 0.6) is 0 Å². The van der Waals surface area contributed by atoms with Gasteiger partial charge >= 0.3 is 23.9 Å². The lowest BCUT2D eigenvalue weighted by Gasteiger charge is -2.60. The second kappa shape index (κ2) is 10.4. The quantitative estimate of drug-likeness (QED) is 0.191. The number of hydrogen-bond donors (Lipinski definition) is 0. The Balaban J connectivity index is 1.77. The van der Waals surface area contributed by atoms with Crippen LogP contribution in [0.4, 0.5) is 0 Å². The van der Waals surface area contributed by atoms with Gasteiger partial charge in [-0.3, -0.25) is 19.2 Å². The van der Waals surface area contributed by atoms with Crippen LogP contribution in [0.2, 0.25) is 0 Å². The van der Waals surface area contributed by atoms with E-state index in [2.05, 4.69) is 6.58 Å². The van der Waals surface area contributed by atoms with Crippen LogP contribution in [0.15, 0.2) is 47.3 Å². The Hall–Kier alpha value is -3.73. The van der Waals surface area contributed by atoms with Crippen LogP contribution in [-0.2, 0) is 47.7 Å². The van der Waals surface area contributed by atoms with E-state index < -0.39 is 75.9 Å². The Kier molecular flexibility index (Phi) is 7.51. The molecule has 0 radical (unpaired) electrons. The Morgan fingerprint density at radius 1 is 1.02 bits per heavy atom. The standard InChI is InChI=1S/C33H40O11/c1-16-24(31(7)12-10-22(37)30(5,6)27(31)26(29(38)39-9)42-18(3)35)25(41-17(2)34)28(43-19(4)36)32(8)21(20-11-13-40-15-20)14-23-33(16,32)44-23/h10-13,15,21,23-28H,1,14H2,2-9H3/t21-,23+,24+,25-,26+,27-,28-,31+,32+,33+/m0/s1. The van der Waals surface area contributed by atoms with Crippen molar-refractivity contribution in [2.24, 2.45) is 28.1 Å². The van der Waals surface area contributed by atoms with Gasteiger partial charge in [0, 0.05) is 49.4 Å². The van der Waals surface area contributed by atoms with Gasteiger partial charge in [-0.15, -0.1) is 0 Å². The number of epoxide rings is 1. The Bertz CT molecular complexity index is 1440. The summed E-state index contributed by atoms with van der Waals surface area (Å²) in [5.74, 6) is -5.21. The van der Waals surface area contributed by atoms with Crippen molar-refractivity contribution in [3.05, 3.63) is 48.5 Å². The molecule has 3 fully saturated rings. The molecule has 2 saturated carbocycles. The molecule has 10 atom stereocenters. The Morgan fingerprint density at radius 2 is 1.68 bits per heavy atom. The van der Waals surface area contributed by atoms with Crippen molar-refractivity contribution < 1.29 is 52.1 Å². The van der Waals surface area contributed by atoms with Crippen LogP contribution in [0.25, 0.3) is 0 Å². The van der Waals surface area contributed by atoms with Gasteiger partial charge in [-0.05, 0) is 29.7 Å². The molecular formula is C33H40O11. The second-order valence-electron chi connectivity index (χ2n) is 13.4. The maximum atomic E-state index is 13.4. The molecule has 3 aliphatic carbocycles. The first-order valence-corrected chi connectivity index (χ1v) is 14.7. The van der Waals surface area contributed by atoms with Gasteiger partial charge < -0.3 is 28.1 Å². The van der Waals surface area contributed by atoms with Gasteiger partial charge in [0.1, 0.15) is 17.8 Å². The lowest BCUT2D eigenvalue weighted by atomic mass is 9.46. The van der Waals surface area contributed by atoms with Gasteiger partial charge in [-0.25, -0.2) is 4.79 Å². The number of allylic oxidation sites excluding steroid dienone is 2. The maximum absolute atomic E-state index is 13.4. The maximum Gasteiger partial charge on any atom is 0.347 e. The summed E-state index contributed by atoms with van der Waals surface area (Å²) in [5.41, 5.74) is -3.03. The van der Waals surface area contributed by atoms with Crippen LogP contribution < -0.4 is 0 Å². The molecule has 0 bridgehead atoms. The number of hydrogen-bond acceptors (Lipinski definition) is 11. The highest BCUT2D eigenvalue weighted by Gasteiger charge is 2.84. The lowest BCUT2D eigenvalue weighted by Crippen LogP contribution is -2.67. The molecule has 1 aromatic rings. The molecule has 238 valence electrons. The van der Waals surface area contributed by atoms with Gasteiger partial charge in [0.2, 0.25) is 6.10 Å². The molecule has 11 nitrogen and oxygen atoms in total. The molecular weight excluding hydrogens is 572 g/mol. The van der Waals surface area contributed by atoms with Gasteiger partial charge in [-0.1, -0.05) is 40.3 Å². The minimum atomic E-state index is -1.51. The molecule has 0 unspecified atom stereocenters. The second-order valence-corrected chi connectivity index (χ2v) is 13.4. The molecule has 4 aliphatic rings. The summed E-state index contributed by atoms with van der Waals surface area (Å²) >= 11 is 0. The normalized spacial score (nSPS) is 39.0. The average molecular weight is 613 g/mol. The predicted molar refractivity (Wildman–Crippen MR) is 153 cm³/mol. The van der Waals surface area contributed by atoms with Crippen molar-refractivity contribution >= 4 is 29.7 Å². The number of furan rings is 1. The number of methoxy groups -OCH3 is 1. The zero-order valence-corrected chi connectivity index (χ0v) is 26.3. The predicted octanol–water partition coefficient (Wildman–Crippen LogP) is 3.85. The molecule has 11 heteroatoms. The molecule has 44 heavy (non-hydrogen) atoms. The molecule has 0 amide bonds. The molecule has 0 N–H and O–H groups in total. The molecule has 1 aromatic heterocycles. The summed E-state index contributed by atoms with van der Waals surface area (Å²) in [6.45, 7) is 15.4. The van der Waals surface area contributed by atoms with E-state index in [9.17, 15) is 24.0 Å². The van der Waals surface area contributed by atoms with E-state index in [1.54, 1.807) is 39.4 Å². The first kappa shape index (κ1) is 31.7. The highest BCUT2D eigenvalue weighted by Crippen LogP contribution is 2.76. The van der Waals surface area contributed by atoms with Crippen molar-refractivity contribution in [3.8, 4) is 0 Å². The molecule has 1 aliphatic heterocycles. The van der Waals surface area contributed by atoms with Crippen molar-refractivity contribution in [1.29, 1.82) is 0 Å². The van der Waals surface area contributed by atoms with Crippen LogP contribution in [-0.4, -0.2) is 66.8 Å². The zero-order valence-electron chi connectivity index (χ0n) is 26.3. The van der Waals surface area contributed by atoms with E-state index in [4.69, 9.17) is 28.1 Å². The molecule has 2 heterocycles. The van der Waals surface area contributed by atoms with E-state index in [0.29, 0.717) is 12.0 Å². The zero-order chi connectivity index (χ0) is 32.6. The lowest BCUT2D eigenvalue weighted by molar-refractivity contribution is -0.211. The van der Waals surface area contributed by atoms with Gasteiger partial charge in [-0.2, -0.15) is 0 Å². The highest BCUT2D eigenvalue weighted by atomic mass is 16.6. The third-order valence-electron chi connectivity index (χ3n) is 10.7. The number of esters is 4. The molecule has 0 aromatic carbocycles. The monoisotopic (exact) mass is 612 g/mol. The van der Waals surface area contributed by atoms with E-state index in [1.807, 2.05) is 13.0 Å². The van der Waals surface area contributed by atoms with E-state index >= 15 is 0 Å². The molecule has 5 rings (SSSR count). The average Bonchev–Trinajstić information content (AvgIpc) is 3.27. The van der Waals surface area contributed by atoms with E-state index in [1.165, 1.54) is 34.0 Å². The summed E-state index contributed by atoms with van der Waals surface area (Å²) in [6, 6.07) is 1.85. The Labute approximate surface area is 256 Å². The SMILES string of the molecule is C=C1[C@@H]([C@@]2(C)C=CC(=O)C(C)(C)[C@@H]2[C@@H](OC(C)=O)C(=O)OC)[C@H](OC(C)=O)[C@H](OC(C)=O)[C@@]2(C)[C@H](c3ccoc3)C[C@H]3O[C@]132. The van der Waals surface area contributed by atoms with Gasteiger partial charge in [0.15, 0.2) is 5.78 Å². The van der Waals surface area contributed by atoms with Gasteiger partial charge in [0.05, 0.1) is 31.2 Å².